The van der Waals surface area contributed by atoms with E-state index in [0.29, 0.717) is 0 Å². The van der Waals surface area contributed by atoms with Crippen LogP contribution in [0, 0.1) is 0 Å². The predicted molar refractivity (Wildman–Crippen MR) is 44.8 cm³/mol. The quantitative estimate of drug-likeness (QED) is 0.598. The Morgan fingerprint density at radius 1 is 1.55 bits per heavy atom. The maximum atomic E-state index is 11.2. The van der Waals surface area contributed by atoms with E-state index >= 15 is 0 Å². The fourth-order valence-electron chi connectivity index (χ4n) is 0.567. The van der Waals surface area contributed by atoms with Crippen molar-refractivity contribution in [2.24, 2.45) is 0 Å². The summed E-state index contributed by atoms with van der Waals surface area (Å²) in [6.45, 7) is 1.76. The first kappa shape index (κ1) is 10.7. The van der Waals surface area contributed by atoms with Crippen LogP contribution in [0.25, 0.3) is 0 Å². The number of halogens is 1. The van der Waals surface area contributed by atoms with Crippen LogP contribution in [0.3, 0.4) is 0 Å². The summed E-state index contributed by atoms with van der Waals surface area (Å²) in [6.07, 6.45) is -0.244. The molecule has 0 aromatic rings. The zero-order valence-electron chi connectivity index (χ0n) is 7.30. The molecule has 0 bridgehead atoms. The molecule has 2 unspecified atom stereocenters. The summed E-state index contributed by atoms with van der Waals surface area (Å²) in [5.41, 5.74) is 0. The minimum atomic E-state index is -0.588. The van der Waals surface area contributed by atoms with Crippen molar-refractivity contribution in [1.29, 1.82) is 0 Å². The average Bonchev–Trinajstić information content (AvgIpc) is 2.00. The zero-order chi connectivity index (χ0) is 9.02. The summed E-state index contributed by atoms with van der Waals surface area (Å²) in [5, 5.41) is -0.588. The number of carbonyl (C=O) groups excluding carboxylic acids is 1. The Morgan fingerprint density at radius 2 is 2.00 bits per heavy atom. The highest BCUT2D eigenvalue weighted by Gasteiger charge is 2.23. The molecule has 0 saturated carbocycles. The van der Waals surface area contributed by atoms with Gasteiger partial charge in [-0.3, -0.25) is 4.79 Å². The molecule has 0 heterocycles. The van der Waals surface area contributed by atoms with Crippen LogP contribution in [-0.4, -0.2) is 43.5 Å². The Labute approximate surface area is 72.3 Å². The Morgan fingerprint density at radius 3 is 2.27 bits per heavy atom. The van der Waals surface area contributed by atoms with Crippen LogP contribution in [0.2, 0.25) is 0 Å². The molecule has 0 aliphatic heterocycles. The first-order chi connectivity index (χ1) is 5.00. The number of nitrogens with zero attached hydrogens (tertiary/aromatic N) is 1. The predicted octanol–water partition coefficient (Wildman–Crippen LogP) is 0.717. The van der Waals surface area contributed by atoms with E-state index in [-0.39, 0.29) is 12.0 Å². The smallest absolute Gasteiger partial charge is 0.242 e. The van der Waals surface area contributed by atoms with E-state index in [9.17, 15) is 4.79 Å². The number of methoxy groups -OCH3 is 1. The lowest BCUT2D eigenvalue weighted by Crippen LogP contribution is -2.37. The van der Waals surface area contributed by atoms with Crippen molar-refractivity contribution >= 4 is 17.5 Å². The summed E-state index contributed by atoms with van der Waals surface area (Å²) in [7, 11) is 4.86. The van der Waals surface area contributed by atoms with Gasteiger partial charge in [0.2, 0.25) is 5.91 Å². The van der Waals surface area contributed by atoms with Gasteiger partial charge >= 0.3 is 0 Å². The highest BCUT2D eigenvalue weighted by atomic mass is 35.5. The van der Waals surface area contributed by atoms with Gasteiger partial charge in [0.05, 0.1) is 6.10 Å². The van der Waals surface area contributed by atoms with Crippen LogP contribution in [0.1, 0.15) is 6.92 Å². The van der Waals surface area contributed by atoms with E-state index in [2.05, 4.69) is 0 Å². The first-order valence-electron chi connectivity index (χ1n) is 3.38. The number of hydrogen-bond acceptors (Lipinski definition) is 2. The second-order valence-electron chi connectivity index (χ2n) is 2.58. The van der Waals surface area contributed by atoms with Crippen LogP contribution in [0.4, 0.5) is 0 Å². The van der Waals surface area contributed by atoms with Gasteiger partial charge in [0.25, 0.3) is 0 Å². The van der Waals surface area contributed by atoms with Gasteiger partial charge in [0, 0.05) is 21.2 Å². The Hall–Kier alpha value is -0.280. The SMILES string of the molecule is COC(C)C(Cl)C(=O)N(C)C. The molecule has 2 atom stereocenters. The fourth-order valence-corrected chi connectivity index (χ4v) is 0.865. The molecule has 0 spiro atoms. The van der Waals surface area contributed by atoms with Gasteiger partial charge in [0.1, 0.15) is 5.38 Å². The molecule has 3 nitrogen and oxygen atoms in total. The molecule has 0 aliphatic carbocycles. The number of amides is 1. The number of rotatable bonds is 3. The molecular formula is C7H14ClNO2. The van der Waals surface area contributed by atoms with E-state index in [1.165, 1.54) is 12.0 Å². The highest BCUT2D eigenvalue weighted by Crippen LogP contribution is 2.07. The van der Waals surface area contributed by atoms with Crippen molar-refractivity contribution in [3.8, 4) is 0 Å². The van der Waals surface area contributed by atoms with Crippen LogP contribution in [-0.2, 0) is 9.53 Å². The number of carbonyl (C=O) groups is 1. The molecule has 4 heteroatoms. The monoisotopic (exact) mass is 179 g/mol. The van der Waals surface area contributed by atoms with Crippen molar-refractivity contribution in [3.63, 3.8) is 0 Å². The zero-order valence-corrected chi connectivity index (χ0v) is 8.05. The standard InChI is InChI=1S/C7H14ClNO2/c1-5(11-4)6(8)7(10)9(2)3/h5-6H,1-4H3. The third-order valence-electron chi connectivity index (χ3n) is 1.46. The van der Waals surface area contributed by atoms with E-state index in [4.69, 9.17) is 16.3 Å². The average molecular weight is 180 g/mol. The van der Waals surface area contributed by atoms with Crippen LogP contribution >= 0.6 is 11.6 Å². The molecule has 66 valence electrons. The fraction of sp³-hybridized carbons (Fsp3) is 0.857. The minimum absolute atomic E-state index is 0.124. The lowest BCUT2D eigenvalue weighted by molar-refractivity contribution is -0.130. The van der Waals surface area contributed by atoms with Gasteiger partial charge in [-0.15, -0.1) is 11.6 Å². The maximum absolute atomic E-state index is 11.2. The summed E-state index contributed by atoms with van der Waals surface area (Å²) in [4.78, 5) is 12.6. The molecule has 1 amide bonds. The maximum Gasteiger partial charge on any atom is 0.242 e. The third kappa shape index (κ3) is 3.08. The third-order valence-corrected chi connectivity index (χ3v) is 2.00. The van der Waals surface area contributed by atoms with Crippen LogP contribution in [0.5, 0.6) is 0 Å². The number of hydrogen-bond donors (Lipinski definition) is 0. The van der Waals surface area contributed by atoms with Gasteiger partial charge in [-0.05, 0) is 6.92 Å². The summed E-state index contributed by atoms with van der Waals surface area (Å²) < 4.78 is 4.90. The van der Waals surface area contributed by atoms with E-state index in [1.54, 1.807) is 21.0 Å². The second-order valence-corrected chi connectivity index (χ2v) is 3.05. The Kier molecular flexibility index (Phi) is 4.45. The van der Waals surface area contributed by atoms with Crippen molar-refractivity contribution in [1.82, 2.24) is 4.90 Å². The minimum Gasteiger partial charge on any atom is -0.380 e. The van der Waals surface area contributed by atoms with Gasteiger partial charge in [0.15, 0.2) is 0 Å². The molecule has 0 radical (unpaired) electrons. The lowest BCUT2D eigenvalue weighted by atomic mass is 10.2. The molecule has 0 N–H and O–H groups in total. The number of ether oxygens (including phenoxy) is 1. The van der Waals surface area contributed by atoms with E-state index in [1.807, 2.05) is 0 Å². The molecule has 0 aromatic heterocycles. The highest BCUT2D eigenvalue weighted by molar-refractivity contribution is 6.31. The first-order valence-corrected chi connectivity index (χ1v) is 3.82. The topological polar surface area (TPSA) is 29.5 Å². The summed E-state index contributed by atoms with van der Waals surface area (Å²) in [6, 6.07) is 0. The van der Waals surface area contributed by atoms with E-state index in [0.717, 1.165) is 0 Å². The second kappa shape index (κ2) is 4.57. The molecular weight excluding hydrogens is 166 g/mol. The molecule has 0 rings (SSSR count). The summed E-state index contributed by atoms with van der Waals surface area (Å²) >= 11 is 5.76. The van der Waals surface area contributed by atoms with Crippen molar-refractivity contribution in [2.45, 2.75) is 18.4 Å². The Bertz CT molecular complexity index is 138. The Balaban J connectivity index is 4.02. The molecule has 0 aliphatic rings. The number of alkyl halides is 1. The molecule has 11 heavy (non-hydrogen) atoms. The van der Waals surface area contributed by atoms with Gasteiger partial charge in [-0.25, -0.2) is 0 Å². The lowest BCUT2D eigenvalue weighted by Gasteiger charge is -2.19. The van der Waals surface area contributed by atoms with Crippen molar-refractivity contribution < 1.29 is 9.53 Å². The van der Waals surface area contributed by atoms with Gasteiger partial charge in [-0.2, -0.15) is 0 Å². The summed E-state index contributed by atoms with van der Waals surface area (Å²) in [5.74, 6) is -0.124. The van der Waals surface area contributed by atoms with Crippen LogP contribution < -0.4 is 0 Å². The molecule has 0 aromatic carbocycles. The van der Waals surface area contributed by atoms with Crippen molar-refractivity contribution in [3.05, 3.63) is 0 Å². The molecule has 0 fully saturated rings. The normalized spacial score (nSPS) is 15.7. The van der Waals surface area contributed by atoms with Crippen LogP contribution in [0.15, 0.2) is 0 Å². The van der Waals surface area contributed by atoms with Gasteiger partial charge < -0.3 is 9.64 Å². The van der Waals surface area contributed by atoms with Gasteiger partial charge in [-0.1, -0.05) is 0 Å². The van der Waals surface area contributed by atoms with Crippen molar-refractivity contribution in [2.75, 3.05) is 21.2 Å². The largest absolute Gasteiger partial charge is 0.380 e. The molecule has 0 saturated heterocycles. The van der Waals surface area contributed by atoms with E-state index < -0.39 is 5.38 Å².